The highest BCUT2D eigenvalue weighted by molar-refractivity contribution is 6.10. The van der Waals surface area contributed by atoms with E-state index in [1.165, 1.54) is 0 Å². The van der Waals surface area contributed by atoms with Crippen LogP contribution >= 0.6 is 0 Å². The van der Waals surface area contributed by atoms with Gasteiger partial charge in [-0.2, -0.15) is 4.89 Å². The summed E-state index contributed by atoms with van der Waals surface area (Å²) < 4.78 is 6.18. The molecule has 3 heterocycles. The molecule has 0 aromatic rings. The SMILES string of the molecule is CC1=C[C@@H]2[C@H]3C4=C(C1=O)[C@H](O)[C@@H](C)[C@]41OC[C@@]3(CC[C@H]2C(C)C)OO1. The Labute approximate surface area is 147 Å². The van der Waals surface area contributed by atoms with E-state index >= 15 is 0 Å². The second-order valence-corrected chi connectivity index (χ2v) is 8.93. The van der Waals surface area contributed by atoms with E-state index in [0.717, 1.165) is 24.0 Å². The summed E-state index contributed by atoms with van der Waals surface area (Å²) >= 11 is 0. The largest absolute Gasteiger partial charge is 0.388 e. The van der Waals surface area contributed by atoms with E-state index in [9.17, 15) is 9.90 Å². The summed E-state index contributed by atoms with van der Waals surface area (Å²) in [6.07, 6.45) is 3.15. The van der Waals surface area contributed by atoms with Gasteiger partial charge >= 0.3 is 0 Å². The molecular formula is C20H26O5. The van der Waals surface area contributed by atoms with Crippen molar-refractivity contribution in [1.29, 1.82) is 0 Å². The maximum absolute atomic E-state index is 13.1. The Morgan fingerprint density at radius 3 is 2.72 bits per heavy atom. The van der Waals surface area contributed by atoms with Gasteiger partial charge in [0.1, 0.15) is 5.60 Å². The molecule has 0 radical (unpaired) electrons. The number of hydrogen-bond acceptors (Lipinski definition) is 5. The van der Waals surface area contributed by atoms with Gasteiger partial charge in [-0.1, -0.05) is 26.8 Å². The highest BCUT2D eigenvalue weighted by Gasteiger charge is 2.72. The molecule has 2 spiro atoms. The lowest BCUT2D eigenvalue weighted by Crippen LogP contribution is -2.69. The Balaban J connectivity index is 1.79. The third-order valence-electron chi connectivity index (χ3n) is 7.46. The van der Waals surface area contributed by atoms with Crippen LogP contribution < -0.4 is 0 Å². The van der Waals surface area contributed by atoms with Crippen LogP contribution in [0.1, 0.15) is 40.5 Å². The molecule has 0 unspecified atom stereocenters. The molecule has 1 saturated carbocycles. The third-order valence-corrected chi connectivity index (χ3v) is 7.46. The topological polar surface area (TPSA) is 65.0 Å². The molecule has 3 aliphatic carbocycles. The molecule has 2 bridgehead atoms. The van der Waals surface area contributed by atoms with Crippen LogP contribution in [0, 0.1) is 29.6 Å². The summed E-state index contributed by atoms with van der Waals surface area (Å²) in [6, 6.07) is 0. The first kappa shape index (κ1) is 16.2. The Morgan fingerprint density at radius 1 is 1.32 bits per heavy atom. The number of rotatable bonds is 1. The smallest absolute Gasteiger partial charge is 0.230 e. The minimum atomic E-state index is -1.10. The van der Waals surface area contributed by atoms with Gasteiger partial charge in [0.05, 0.1) is 12.7 Å². The van der Waals surface area contributed by atoms with Crippen molar-refractivity contribution in [2.75, 3.05) is 6.61 Å². The van der Waals surface area contributed by atoms with Crippen molar-refractivity contribution in [3.8, 4) is 0 Å². The first-order valence-corrected chi connectivity index (χ1v) is 9.49. The van der Waals surface area contributed by atoms with Gasteiger partial charge in [-0.05, 0) is 43.1 Å². The van der Waals surface area contributed by atoms with E-state index in [4.69, 9.17) is 14.5 Å². The van der Waals surface area contributed by atoms with Crippen molar-refractivity contribution in [3.05, 3.63) is 22.8 Å². The molecular weight excluding hydrogens is 320 g/mol. The van der Waals surface area contributed by atoms with Crippen LogP contribution in [0.5, 0.6) is 0 Å². The quantitative estimate of drug-likeness (QED) is 0.739. The minimum Gasteiger partial charge on any atom is -0.388 e. The summed E-state index contributed by atoms with van der Waals surface area (Å²) in [4.78, 5) is 24.9. The van der Waals surface area contributed by atoms with Crippen molar-refractivity contribution in [1.82, 2.24) is 0 Å². The number of ether oxygens (including phenoxy) is 1. The van der Waals surface area contributed by atoms with E-state index in [0.29, 0.717) is 24.0 Å². The Hall–Kier alpha value is -1.01. The normalized spacial score (nSPS) is 50.9. The molecule has 1 N–H and O–H groups in total. The lowest BCUT2D eigenvalue weighted by atomic mass is 9.57. The van der Waals surface area contributed by atoms with Crippen molar-refractivity contribution in [2.45, 2.75) is 58.0 Å². The molecule has 5 heteroatoms. The van der Waals surface area contributed by atoms with Gasteiger partial charge in [-0.15, -0.1) is 0 Å². The maximum atomic E-state index is 13.1. The first-order chi connectivity index (χ1) is 11.8. The molecule has 5 nitrogen and oxygen atoms in total. The van der Waals surface area contributed by atoms with Crippen LogP contribution in [0.25, 0.3) is 0 Å². The van der Waals surface area contributed by atoms with Crippen LogP contribution in [0.2, 0.25) is 0 Å². The Bertz CT molecular complexity index is 710. The van der Waals surface area contributed by atoms with E-state index in [-0.39, 0.29) is 23.5 Å². The van der Waals surface area contributed by atoms with Crippen molar-refractivity contribution in [2.24, 2.45) is 29.6 Å². The molecule has 136 valence electrons. The van der Waals surface area contributed by atoms with Gasteiger partial charge in [0.15, 0.2) is 5.78 Å². The van der Waals surface area contributed by atoms with Gasteiger partial charge in [0.25, 0.3) is 0 Å². The van der Waals surface area contributed by atoms with Gasteiger partial charge in [-0.3, -0.25) is 4.79 Å². The van der Waals surface area contributed by atoms with Gasteiger partial charge < -0.3 is 9.84 Å². The Morgan fingerprint density at radius 2 is 2.08 bits per heavy atom. The fourth-order valence-electron chi connectivity index (χ4n) is 6.09. The standard InChI is InChI=1S/C20H26O5/c1-9(2)12-5-6-19-8-23-20(25-24-19)11(4)18(22)14-16(20)15(19)13(12)7-10(3)17(14)21/h7,9,11-13,15,18,22H,5-6,8H2,1-4H3/t11-,12+,13+,15+,18-,19-,20-/m1/s1. The zero-order valence-electron chi connectivity index (χ0n) is 15.2. The molecule has 0 aromatic carbocycles. The zero-order chi connectivity index (χ0) is 17.7. The highest BCUT2D eigenvalue weighted by Crippen LogP contribution is 2.65. The van der Waals surface area contributed by atoms with Crippen LogP contribution in [-0.4, -0.2) is 35.0 Å². The monoisotopic (exact) mass is 346 g/mol. The highest BCUT2D eigenvalue weighted by atomic mass is 17.3. The van der Waals surface area contributed by atoms with Gasteiger partial charge in [-0.25, -0.2) is 4.89 Å². The molecule has 6 rings (SSSR count). The summed E-state index contributed by atoms with van der Waals surface area (Å²) in [6.45, 7) is 8.73. The molecule has 0 aromatic heterocycles. The summed E-state index contributed by atoms with van der Waals surface area (Å²) in [5.41, 5.74) is 1.57. The number of aliphatic hydroxyl groups is 1. The van der Waals surface area contributed by atoms with Gasteiger partial charge in [0, 0.05) is 23.0 Å². The number of fused-ring (bicyclic) bond motifs is 2. The molecule has 4 fully saturated rings. The van der Waals surface area contributed by atoms with Crippen LogP contribution in [-0.2, 0) is 19.3 Å². The summed E-state index contributed by atoms with van der Waals surface area (Å²) in [7, 11) is 0. The van der Waals surface area contributed by atoms with Crippen molar-refractivity contribution in [3.63, 3.8) is 0 Å². The lowest BCUT2D eigenvalue weighted by Gasteiger charge is -2.61. The second kappa shape index (κ2) is 4.83. The minimum absolute atomic E-state index is 0.0483. The van der Waals surface area contributed by atoms with Crippen LogP contribution in [0.3, 0.4) is 0 Å². The number of aliphatic hydroxyl groups excluding tert-OH is 1. The maximum Gasteiger partial charge on any atom is 0.230 e. The van der Waals surface area contributed by atoms with E-state index in [1.807, 2.05) is 13.8 Å². The van der Waals surface area contributed by atoms with Crippen LogP contribution in [0.4, 0.5) is 0 Å². The second-order valence-electron chi connectivity index (χ2n) is 8.93. The summed E-state index contributed by atoms with van der Waals surface area (Å²) in [5, 5.41) is 10.9. The molecule has 0 amide bonds. The van der Waals surface area contributed by atoms with Gasteiger partial charge in [0.2, 0.25) is 5.79 Å². The molecule has 6 aliphatic rings. The average Bonchev–Trinajstić information content (AvgIpc) is 2.73. The molecule has 25 heavy (non-hydrogen) atoms. The predicted molar refractivity (Wildman–Crippen MR) is 89.1 cm³/mol. The molecule has 3 aliphatic heterocycles. The third kappa shape index (κ3) is 1.71. The number of carbonyl (C=O) groups excluding carboxylic acids is 1. The predicted octanol–water partition coefficient (Wildman–Crippen LogP) is 2.55. The van der Waals surface area contributed by atoms with Crippen molar-refractivity contribution < 1.29 is 24.4 Å². The average molecular weight is 346 g/mol. The first-order valence-electron chi connectivity index (χ1n) is 9.49. The Kier molecular flexibility index (Phi) is 3.13. The number of carbonyl (C=O) groups is 1. The molecule has 3 saturated heterocycles. The summed E-state index contributed by atoms with van der Waals surface area (Å²) in [5.74, 6) is -0.249. The fraction of sp³-hybridized carbons (Fsp3) is 0.750. The zero-order valence-corrected chi connectivity index (χ0v) is 15.2. The number of allylic oxidation sites excluding steroid dienone is 2. The molecule has 7 atom stereocenters. The van der Waals surface area contributed by atoms with Crippen LogP contribution in [0.15, 0.2) is 22.8 Å². The lowest BCUT2D eigenvalue weighted by molar-refractivity contribution is -0.543. The van der Waals surface area contributed by atoms with E-state index in [1.54, 1.807) is 0 Å². The van der Waals surface area contributed by atoms with Crippen molar-refractivity contribution >= 4 is 5.78 Å². The number of Topliss-reactive ketones (excluding diaryl/α,β-unsaturated/α-hetero) is 1. The number of hydrogen-bond donors (Lipinski definition) is 1. The number of ketones is 1. The van der Waals surface area contributed by atoms with E-state index < -0.39 is 17.5 Å². The fourth-order valence-corrected chi connectivity index (χ4v) is 6.09. The van der Waals surface area contributed by atoms with E-state index in [2.05, 4.69) is 19.9 Å².